The Bertz CT molecular complexity index is 1330. The first-order chi connectivity index (χ1) is 17.6. The number of ether oxygens (including phenoxy) is 1. The molecule has 4 nitrogen and oxygen atoms in total. The van der Waals surface area contributed by atoms with Gasteiger partial charge in [0.05, 0.1) is 18.2 Å². The minimum absolute atomic E-state index is 0.0158. The second-order valence-electron chi connectivity index (χ2n) is 9.34. The number of hydrogen-bond donors (Lipinski definition) is 0. The van der Waals surface area contributed by atoms with E-state index in [2.05, 4.69) is 90.1 Å². The van der Waals surface area contributed by atoms with E-state index in [4.69, 9.17) is 9.26 Å². The molecule has 0 unspecified atom stereocenters. The third-order valence-electron chi connectivity index (χ3n) is 6.83. The fraction of sp³-hybridized carbons (Fsp3) is 0.250. The molecule has 3 aromatic carbocycles. The first-order valence-electron chi connectivity index (χ1n) is 12.7. The van der Waals surface area contributed by atoms with Crippen LogP contribution < -0.4 is 0 Å². The summed E-state index contributed by atoms with van der Waals surface area (Å²) >= 11 is 0. The van der Waals surface area contributed by atoms with Crippen molar-refractivity contribution < 1.29 is 14.1 Å². The molecule has 5 rings (SSSR count). The summed E-state index contributed by atoms with van der Waals surface area (Å²) < 4.78 is 10.9. The van der Waals surface area contributed by atoms with Crippen LogP contribution in [0.25, 0.3) is 28.5 Å². The van der Waals surface area contributed by atoms with Crippen molar-refractivity contribution in [1.82, 2.24) is 5.16 Å². The van der Waals surface area contributed by atoms with E-state index in [1.54, 1.807) is 0 Å². The van der Waals surface area contributed by atoms with Gasteiger partial charge in [-0.1, -0.05) is 96.2 Å². The van der Waals surface area contributed by atoms with Crippen molar-refractivity contribution in [1.29, 1.82) is 0 Å². The van der Waals surface area contributed by atoms with Gasteiger partial charge in [0.1, 0.15) is 0 Å². The summed E-state index contributed by atoms with van der Waals surface area (Å²) in [6.45, 7) is 4.27. The van der Waals surface area contributed by atoms with Crippen LogP contribution in [0.15, 0.2) is 89.5 Å². The molecule has 0 spiro atoms. The number of hydrogen-bond acceptors (Lipinski definition) is 4. The van der Waals surface area contributed by atoms with Gasteiger partial charge in [0.25, 0.3) is 0 Å². The van der Waals surface area contributed by atoms with E-state index in [1.165, 1.54) is 11.1 Å². The average molecular weight is 478 g/mol. The van der Waals surface area contributed by atoms with Crippen LogP contribution in [0.1, 0.15) is 48.1 Å². The largest absolute Gasteiger partial charge is 0.466 e. The van der Waals surface area contributed by atoms with Crippen molar-refractivity contribution in [3.8, 4) is 22.5 Å². The molecular weight excluding hydrogens is 446 g/mol. The van der Waals surface area contributed by atoms with Gasteiger partial charge in [-0.25, -0.2) is 0 Å². The van der Waals surface area contributed by atoms with E-state index in [1.807, 2.05) is 19.9 Å². The lowest BCUT2D eigenvalue weighted by Gasteiger charge is -2.06. The second-order valence-corrected chi connectivity index (χ2v) is 9.34. The molecule has 0 saturated heterocycles. The highest BCUT2D eigenvalue weighted by Gasteiger charge is 2.45. The second kappa shape index (κ2) is 10.8. The monoisotopic (exact) mass is 477 g/mol. The summed E-state index contributed by atoms with van der Waals surface area (Å²) in [7, 11) is 0. The summed E-state index contributed by atoms with van der Waals surface area (Å²) in [5.41, 5.74) is 7.75. The lowest BCUT2D eigenvalue weighted by atomic mass is 9.99. The molecule has 4 heteroatoms. The van der Waals surface area contributed by atoms with Gasteiger partial charge >= 0.3 is 5.97 Å². The van der Waals surface area contributed by atoms with Crippen molar-refractivity contribution in [2.24, 2.45) is 5.92 Å². The number of aryl methyl sites for hydroxylation is 2. The van der Waals surface area contributed by atoms with Crippen molar-refractivity contribution in [2.45, 2.75) is 39.0 Å². The Morgan fingerprint density at radius 2 is 1.64 bits per heavy atom. The molecule has 4 aromatic rings. The molecule has 1 aliphatic rings. The molecule has 0 amide bonds. The SMILES string of the molecule is CCOC(=O)[C@@H]1C[C@@H]1c1ccc(-c2ccc(-c3onc(C)c3/C=C/CCc3ccccc3)cc2)cc1. The Morgan fingerprint density at radius 1 is 0.972 bits per heavy atom. The zero-order chi connectivity index (χ0) is 24.9. The van der Waals surface area contributed by atoms with Gasteiger partial charge in [0.2, 0.25) is 0 Å². The van der Waals surface area contributed by atoms with E-state index in [0.29, 0.717) is 6.61 Å². The predicted molar refractivity (Wildman–Crippen MR) is 143 cm³/mol. The minimum Gasteiger partial charge on any atom is -0.466 e. The van der Waals surface area contributed by atoms with Crippen LogP contribution in [0.2, 0.25) is 0 Å². The first-order valence-corrected chi connectivity index (χ1v) is 12.7. The zero-order valence-electron chi connectivity index (χ0n) is 20.8. The number of carbonyl (C=O) groups is 1. The van der Waals surface area contributed by atoms with Crippen LogP contribution in [0.5, 0.6) is 0 Å². The Hall–Kier alpha value is -3.92. The number of nitrogens with zero attached hydrogens (tertiary/aromatic N) is 1. The number of aromatic nitrogens is 1. The highest BCUT2D eigenvalue weighted by Crippen LogP contribution is 2.48. The summed E-state index contributed by atoms with van der Waals surface area (Å²) in [6.07, 6.45) is 7.17. The predicted octanol–water partition coefficient (Wildman–Crippen LogP) is 7.63. The average Bonchev–Trinajstić information content (AvgIpc) is 3.64. The smallest absolute Gasteiger partial charge is 0.309 e. The van der Waals surface area contributed by atoms with Gasteiger partial charge in [-0.2, -0.15) is 0 Å². The molecule has 1 heterocycles. The summed E-state index contributed by atoms with van der Waals surface area (Å²) in [6, 6.07) is 27.4. The maximum Gasteiger partial charge on any atom is 0.309 e. The van der Waals surface area contributed by atoms with Crippen molar-refractivity contribution in [2.75, 3.05) is 6.61 Å². The van der Waals surface area contributed by atoms with E-state index < -0.39 is 0 Å². The van der Waals surface area contributed by atoms with Crippen molar-refractivity contribution >= 4 is 12.0 Å². The standard InChI is InChI=1S/C32H31NO3/c1-3-35-32(34)30-21-29(30)26-17-13-24(14-18-26)25-15-19-27(20-16-25)31-28(22(2)33-36-31)12-8-7-11-23-9-5-4-6-10-23/h4-6,8-10,12-20,29-30H,3,7,11,21H2,1-2H3/b12-8+/t29-,30-/m1/s1. The number of carbonyl (C=O) groups excluding carboxylic acids is 1. The van der Waals surface area contributed by atoms with Gasteiger partial charge in [-0.05, 0) is 61.3 Å². The molecule has 1 fully saturated rings. The summed E-state index contributed by atoms with van der Waals surface area (Å²) in [5.74, 6) is 1.02. The Balaban J connectivity index is 1.25. The van der Waals surface area contributed by atoms with Gasteiger partial charge in [0.15, 0.2) is 5.76 Å². The molecule has 1 aliphatic carbocycles. The number of esters is 1. The van der Waals surface area contributed by atoms with Gasteiger partial charge < -0.3 is 9.26 Å². The Labute approximate surface area is 212 Å². The maximum atomic E-state index is 11.9. The fourth-order valence-corrected chi connectivity index (χ4v) is 4.69. The zero-order valence-corrected chi connectivity index (χ0v) is 20.8. The van der Waals surface area contributed by atoms with Gasteiger partial charge in [0, 0.05) is 11.1 Å². The van der Waals surface area contributed by atoms with Crippen LogP contribution >= 0.6 is 0 Å². The van der Waals surface area contributed by atoms with Crippen molar-refractivity contribution in [3.05, 3.63) is 107 Å². The van der Waals surface area contributed by atoms with E-state index >= 15 is 0 Å². The van der Waals surface area contributed by atoms with Gasteiger partial charge in [-0.15, -0.1) is 0 Å². The van der Waals surface area contributed by atoms with Crippen LogP contribution in [0, 0.1) is 12.8 Å². The van der Waals surface area contributed by atoms with E-state index in [9.17, 15) is 4.79 Å². The van der Waals surface area contributed by atoms with Crippen LogP contribution in [0.3, 0.4) is 0 Å². The summed E-state index contributed by atoms with van der Waals surface area (Å²) in [5, 5.41) is 4.21. The van der Waals surface area contributed by atoms with Crippen LogP contribution in [-0.2, 0) is 16.0 Å². The van der Waals surface area contributed by atoms with Gasteiger partial charge in [-0.3, -0.25) is 4.79 Å². The molecule has 182 valence electrons. The molecular formula is C32H31NO3. The maximum absolute atomic E-state index is 11.9. The molecule has 0 radical (unpaired) electrons. The third kappa shape index (κ3) is 5.33. The molecule has 0 bridgehead atoms. The summed E-state index contributed by atoms with van der Waals surface area (Å²) in [4.78, 5) is 11.9. The van der Waals surface area contributed by atoms with E-state index in [0.717, 1.165) is 53.0 Å². The minimum atomic E-state index is -0.0739. The molecule has 0 N–H and O–H groups in total. The number of allylic oxidation sites excluding steroid dienone is 1. The lowest BCUT2D eigenvalue weighted by molar-refractivity contribution is -0.144. The quantitative estimate of drug-likeness (QED) is 0.233. The highest BCUT2D eigenvalue weighted by molar-refractivity contribution is 5.78. The van der Waals surface area contributed by atoms with Crippen LogP contribution in [0.4, 0.5) is 0 Å². The molecule has 1 saturated carbocycles. The highest BCUT2D eigenvalue weighted by atomic mass is 16.5. The molecule has 0 aliphatic heterocycles. The number of benzene rings is 3. The normalized spacial score (nSPS) is 16.8. The molecule has 1 aromatic heterocycles. The number of rotatable bonds is 9. The lowest BCUT2D eigenvalue weighted by Crippen LogP contribution is -2.07. The van der Waals surface area contributed by atoms with Crippen molar-refractivity contribution in [3.63, 3.8) is 0 Å². The Morgan fingerprint density at radius 3 is 2.33 bits per heavy atom. The third-order valence-corrected chi connectivity index (χ3v) is 6.83. The topological polar surface area (TPSA) is 52.3 Å². The van der Waals surface area contributed by atoms with Crippen LogP contribution in [-0.4, -0.2) is 17.7 Å². The van der Waals surface area contributed by atoms with E-state index in [-0.39, 0.29) is 17.8 Å². The molecule has 2 atom stereocenters. The Kier molecular flexibility index (Phi) is 7.13. The fourth-order valence-electron chi connectivity index (χ4n) is 4.69. The molecule has 36 heavy (non-hydrogen) atoms. The first kappa shape index (κ1) is 23.8.